The molecule has 0 saturated carbocycles. The van der Waals surface area contributed by atoms with Crippen LogP contribution in [0.5, 0.6) is 11.5 Å². The topological polar surface area (TPSA) is 49.8 Å². The Kier molecular flexibility index (Phi) is 4.36. The molecule has 0 atom stereocenters. The normalized spacial score (nSPS) is 16.2. The predicted octanol–water partition coefficient (Wildman–Crippen LogP) is 3.81. The van der Waals surface area contributed by atoms with Gasteiger partial charge in [0.1, 0.15) is 11.5 Å². The van der Waals surface area contributed by atoms with Crippen LogP contribution in [0.1, 0.15) is 5.56 Å². The van der Waals surface area contributed by atoms with E-state index in [-0.39, 0.29) is 11.7 Å². The third-order valence-corrected chi connectivity index (χ3v) is 4.61. The van der Waals surface area contributed by atoms with E-state index in [0.29, 0.717) is 20.7 Å². The van der Waals surface area contributed by atoms with E-state index in [1.807, 2.05) is 24.3 Å². The van der Waals surface area contributed by atoms with Gasteiger partial charge in [-0.1, -0.05) is 48.2 Å². The van der Waals surface area contributed by atoms with Crippen LogP contribution in [-0.2, 0) is 4.79 Å². The molecule has 1 saturated heterocycles. The zero-order chi connectivity index (χ0) is 16.4. The zero-order valence-corrected chi connectivity index (χ0v) is 13.9. The van der Waals surface area contributed by atoms with Gasteiger partial charge in [-0.2, -0.15) is 0 Å². The summed E-state index contributed by atoms with van der Waals surface area (Å²) in [5, 5.41) is 9.60. The van der Waals surface area contributed by atoms with Gasteiger partial charge in [-0.15, -0.1) is 0 Å². The molecule has 1 N–H and O–H groups in total. The number of carbonyl (C=O) groups excluding carboxylic acids is 1. The predicted molar refractivity (Wildman–Crippen MR) is 96.8 cm³/mol. The minimum absolute atomic E-state index is 0.0882. The van der Waals surface area contributed by atoms with E-state index in [9.17, 15) is 9.90 Å². The van der Waals surface area contributed by atoms with Gasteiger partial charge in [-0.25, -0.2) is 0 Å². The monoisotopic (exact) mass is 343 g/mol. The van der Waals surface area contributed by atoms with E-state index in [4.69, 9.17) is 17.0 Å². The van der Waals surface area contributed by atoms with Crippen LogP contribution < -0.4 is 9.64 Å². The summed E-state index contributed by atoms with van der Waals surface area (Å²) in [6, 6.07) is 13.9. The molecule has 23 heavy (non-hydrogen) atoms. The molecule has 3 rings (SSSR count). The molecule has 2 aromatic carbocycles. The Morgan fingerprint density at radius 2 is 2.00 bits per heavy atom. The Hall–Kier alpha value is -2.31. The standard InChI is InChI=1S/C17H13NO3S2/c1-21-14-8-3-2-5-11(14)9-15-16(20)18(17(22)23-15)12-6-4-7-13(19)10-12/h2-10,19H,1H3. The van der Waals surface area contributed by atoms with E-state index >= 15 is 0 Å². The van der Waals surface area contributed by atoms with Gasteiger partial charge < -0.3 is 9.84 Å². The van der Waals surface area contributed by atoms with E-state index in [1.54, 1.807) is 31.4 Å². The number of thioether (sulfide) groups is 1. The van der Waals surface area contributed by atoms with Crippen molar-refractivity contribution in [1.29, 1.82) is 0 Å². The minimum atomic E-state index is -0.212. The van der Waals surface area contributed by atoms with E-state index < -0.39 is 0 Å². The van der Waals surface area contributed by atoms with Gasteiger partial charge in [0.2, 0.25) is 0 Å². The first-order valence-corrected chi connectivity index (χ1v) is 8.02. The van der Waals surface area contributed by atoms with Gasteiger partial charge in [-0.3, -0.25) is 9.69 Å². The van der Waals surface area contributed by atoms with Crippen molar-refractivity contribution in [3.05, 3.63) is 59.0 Å². The number of methoxy groups -OCH3 is 1. The molecule has 1 aliphatic heterocycles. The fourth-order valence-electron chi connectivity index (χ4n) is 2.25. The van der Waals surface area contributed by atoms with E-state index in [2.05, 4.69) is 0 Å². The highest BCUT2D eigenvalue weighted by Crippen LogP contribution is 2.37. The van der Waals surface area contributed by atoms with Crippen molar-refractivity contribution in [3.63, 3.8) is 0 Å². The molecule has 116 valence electrons. The van der Waals surface area contributed by atoms with Crippen LogP contribution >= 0.6 is 24.0 Å². The number of thiocarbonyl (C=S) groups is 1. The van der Waals surface area contributed by atoms with E-state index in [1.165, 1.54) is 22.7 Å². The third kappa shape index (κ3) is 3.09. The highest BCUT2D eigenvalue weighted by molar-refractivity contribution is 8.27. The molecule has 0 aliphatic carbocycles. The molecular weight excluding hydrogens is 330 g/mol. The number of rotatable bonds is 3. The summed E-state index contributed by atoms with van der Waals surface area (Å²) in [5.74, 6) is 0.567. The number of anilines is 1. The van der Waals surface area contributed by atoms with Gasteiger partial charge >= 0.3 is 0 Å². The molecule has 1 fully saturated rings. The van der Waals surface area contributed by atoms with Crippen LogP contribution in [0, 0.1) is 0 Å². The minimum Gasteiger partial charge on any atom is -0.508 e. The first-order valence-electron chi connectivity index (χ1n) is 6.80. The number of aromatic hydroxyl groups is 1. The second-order valence-electron chi connectivity index (χ2n) is 4.78. The van der Waals surface area contributed by atoms with Gasteiger partial charge in [0, 0.05) is 11.6 Å². The number of hydrogen-bond acceptors (Lipinski definition) is 5. The van der Waals surface area contributed by atoms with Crippen LogP contribution in [0.3, 0.4) is 0 Å². The summed E-state index contributed by atoms with van der Waals surface area (Å²) in [6.07, 6.45) is 1.76. The lowest BCUT2D eigenvalue weighted by molar-refractivity contribution is -0.113. The molecule has 6 heteroatoms. The fraction of sp³-hybridized carbons (Fsp3) is 0.0588. The summed E-state index contributed by atoms with van der Waals surface area (Å²) in [5.41, 5.74) is 1.36. The summed E-state index contributed by atoms with van der Waals surface area (Å²) < 4.78 is 5.73. The quantitative estimate of drug-likeness (QED) is 0.678. The Morgan fingerprint density at radius 3 is 2.74 bits per heavy atom. The van der Waals surface area contributed by atoms with Gasteiger partial charge in [0.05, 0.1) is 17.7 Å². The maximum atomic E-state index is 12.7. The molecule has 1 aliphatic rings. The molecule has 2 aromatic rings. The van der Waals surface area contributed by atoms with Crippen molar-refractivity contribution in [2.24, 2.45) is 0 Å². The van der Waals surface area contributed by atoms with Crippen LogP contribution in [0.25, 0.3) is 6.08 Å². The summed E-state index contributed by atoms with van der Waals surface area (Å²) in [6.45, 7) is 0. The molecule has 1 heterocycles. The second-order valence-corrected chi connectivity index (χ2v) is 6.45. The number of phenols is 1. The van der Waals surface area contributed by atoms with Crippen molar-refractivity contribution in [2.45, 2.75) is 0 Å². The molecule has 0 spiro atoms. The summed E-state index contributed by atoms with van der Waals surface area (Å²) in [7, 11) is 1.59. The summed E-state index contributed by atoms with van der Waals surface area (Å²) >= 11 is 6.54. The average Bonchev–Trinajstić information content (AvgIpc) is 2.82. The smallest absolute Gasteiger partial charge is 0.270 e. The Labute approximate surface area is 143 Å². The first-order chi connectivity index (χ1) is 11.1. The number of benzene rings is 2. The Balaban J connectivity index is 1.97. The number of phenolic OH excluding ortho intramolecular Hbond substituents is 1. The lowest BCUT2D eigenvalue weighted by Gasteiger charge is -2.14. The number of nitrogens with zero attached hydrogens (tertiary/aromatic N) is 1. The van der Waals surface area contributed by atoms with Crippen LogP contribution in [0.4, 0.5) is 5.69 Å². The van der Waals surface area contributed by atoms with Crippen molar-refractivity contribution < 1.29 is 14.6 Å². The molecule has 4 nitrogen and oxygen atoms in total. The van der Waals surface area contributed by atoms with Crippen LogP contribution in [0.15, 0.2) is 53.4 Å². The highest BCUT2D eigenvalue weighted by atomic mass is 32.2. The van der Waals surface area contributed by atoms with Crippen molar-refractivity contribution in [2.75, 3.05) is 12.0 Å². The number of carbonyl (C=O) groups is 1. The zero-order valence-electron chi connectivity index (χ0n) is 12.2. The first kappa shape index (κ1) is 15.6. The Morgan fingerprint density at radius 1 is 1.22 bits per heavy atom. The fourth-order valence-corrected chi connectivity index (χ4v) is 3.54. The van der Waals surface area contributed by atoms with Crippen molar-refractivity contribution in [1.82, 2.24) is 0 Å². The Bertz CT molecular complexity index is 817. The van der Waals surface area contributed by atoms with Crippen LogP contribution in [0.2, 0.25) is 0 Å². The number of ether oxygens (including phenoxy) is 1. The van der Waals surface area contributed by atoms with Crippen molar-refractivity contribution >= 4 is 46.0 Å². The van der Waals surface area contributed by atoms with Crippen molar-refractivity contribution in [3.8, 4) is 11.5 Å². The van der Waals surface area contributed by atoms with Gasteiger partial charge in [0.25, 0.3) is 5.91 Å². The molecule has 0 unspecified atom stereocenters. The maximum absolute atomic E-state index is 12.7. The number of amides is 1. The molecule has 0 aromatic heterocycles. The largest absolute Gasteiger partial charge is 0.508 e. The van der Waals surface area contributed by atoms with Gasteiger partial charge in [0.15, 0.2) is 4.32 Å². The van der Waals surface area contributed by atoms with E-state index in [0.717, 1.165) is 5.56 Å². The molecule has 0 radical (unpaired) electrons. The highest BCUT2D eigenvalue weighted by Gasteiger charge is 2.33. The molecular formula is C17H13NO3S2. The van der Waals surface area contributed by atoms with Crippen LogP contribution in [-0.4, -0.2) is 22.4 Å². The number of para-hydroxylation sites is 1. The lowest BCUT2D eigenvalue weighted by Crippen LogP contribution is -2.27. The SMILES string of the molecule is COc1ccccc1C=C1SC(=S)N(c2cccc(O)c2)C1=O. The third-order valence-electron chi connectivity index (χ3n) is 3.31. The lowest BCUT2D eigenvalue weighted by atomic mass is 10.2. The molecule has 1 amide bonds. The maximum Gasteiger partial charge on any atom is 0.270 e. The molecule has 0 bridgehead atoms. The van der Waals surface area contributed by atoms with Gasteiger partial charge in [-0.05, 0) is 24.3 Å². The number of hydrogen-bond donors (Lipinski definition) is 1. The average molecular weight is 343 g/mol. The summed E-state index contributed by atoms with van der Waals surface area (Å²) in [4.78, 5) is 14.6. The second kappa shape index (κ2) is 6.44.